The van der Waals surface area contributed by atoms with Gasteiger partial charge >= 0.3 is 5.97 Å². The molecule has 96 valence electrons. The minimum atomic E-state index is -0.342. The van der Waals surface area contributed by atoms with Crippen molar-refractivity contribution in [2.45, 2.75) is 0 Å². The van der Waals surface area contributed by atoms with E-state index >= 15 is 0 Å². The maximum atomic E-state index is 11.9. The lowest BCUT2D eigenvalue weighted by molar-refractivity contribution is -0.133. The second-order valence-corrected chi connectivity index (χ2v) is 5.80. The van der Waals surface area contributed by atoms with Gasteiger partial charge < -0.3 is 9.84 Å². The fourth-order valence-electron chi connectivity index (χ4n) is 2.00. The standard InChI is InChI=1S/C14H9ClO3S/c15-12-6-5-11(19-12)10-7-18-14(17)13(10)8-1-3-9(16)4-2-8/h1-6,16H,7H2. The van der Waals surface area contributed by atoms with E-state index in [0.29, 0.717) is 9.91 Å². The van der Waals surface area contributed by atoms with Gasteiger partial charge in [-0.1, -0.05) is 23.7 Å². The van der Waals surface area contributed by atoms with Gasteiger partial charge in [-0.3, -0.25) is 0 Å². The SMILES string of the molecule is O=C1OCC(c2ccc(Cl)s2)=C1c1ccc(O)cc1. The highest BCUT2D eigenvalue weighted by atomic mass is 35.5. The molecule has 1 aromatic heterocycles. The molecule has 2 aromatic rings. The molecule has 0 bridgehead atoms. The number of aromatic hydroxyl groups is 1. The molecule has 0 unspecified atom stereocenters. The van der Waals surface area contributed by atoms with Crippen LogP contribution in [0.1, 0.15) is 10.4 Å². The van der Waals surface area contributed by atoms with Crippen molar-refractivity contribution < 1.29 is 14.6 Å². The van der Waals surface area contributed by atoms with Crippen molar-refractivity contribution in [1.29, 1.82) is 0 Å². The van der Waals surface area contributed by atoms with Crippen LogP contribution in [0.4, 0.5) is 0 Å². The molecule has 3 nitrogen and oxygen atoms in total. The third-order valence-electron chi connectivity index (χ3n) is 2.88. The summed E-state index contributed by atoms with van der Waals surface area (Å²) in [6.45, 7) is 0.256. The molecule has 0 aliphatic carbocycles. The first-order valence-electron chi connectivity index (χ1n) is 5.60. The third-order valence-corrected chi connectivity index (χ3v) is 4.17. The Hall–Kier alpha value is -1.78. The Labute approximate surface area is 118 Å². The summed E-state index contributed by atoms with van der Waals surface area (Å²) in [5.41, 5.74) is 2.12. The van der Waals surface area contributed by atoms with E-state index in [1.165, 1.54) is 11.3 Å². The van der Waals surface area contributed by atoms with Crippen LogP contribution in [0.15, 0.2) is 36.4 Å². The molecule has 5 heteroatoms. The number of rotatable bonds is 2. The molecule has 0 radical (unpaired) electrons. The zero-order valence-electron chi connectivity index (χ0n) is 9.72. The van der Waals surface area contributed by atoms with Crippen LogP contribution in [-0.2, 0) is 9.53 Å². The van der Waals surface area contributed by atoms with Gasteiger partial charge in [-0.2, -0.15) is 0 Å². The van der Waals surface area contributed by atoms with Crippen LogP contribution in [0, 0.1) is 0 Å². The summed E-state index contributed by atoms with van der Waals surface area (Å²) in [5.74, 6) is -0.179. The Morgan fingerprint density at radius 1 is 1.16 bits per heavy atom. The molecule has 0 saturated carbocycles. The van der Waals surface area contributed by atoms with Crippen LogP contribution in [0.2, 0.25) is 4.34 Å². The van der Waals surface area contributed by atoms with Gasteiger partial charge in [0.25, 0.3) is 0 Å². The molecule has 0 amide bonds. The fourth-order valence-corrected chi connectivity index (χ4v) is 3.08. The molecule has 0 fully saturated rings. The van der Waals surface area contributed by atoms with Crippen LogP contribution in [0.3, 0.4) is 0 Å². The van der Waals surface area contributed by atoms with Gasteiger partial charge in [0.15, 0.2) is 0 Å². The molecule has 1 aliphatic rings. The van der Waals surface area contributed by atoms with E-state index < -0.39 is 0 Å². The van der Waals surface area contributed by atoms with Crippen molar-refractivity contribution in [3.8, 4) is 5.75 Å². The Kier molecular flexibility index (Phi) is 3.05. The first-order valence-corrected chi connectivity index (χ1v) is 6.80. The van der Waals surface area contributed by atoms with Crippen molar-refractivity contribution in [2.24, 2.45) is 0 Å². The van der Waals surface area contributed by atoms with Gasteiger partial charge in [0.2, 0.25) is 0 Å². The second kappa shape index (κ2) is 4.72. The van der Waals surface area contributed by atoms with E-state index in [0.717, 1.165) is 16.0 Å². The summed E-state index contributed by atoms with van der Waals surface area (Å²) >= 11 is 7.34. The number of phenolic OH excluding ortho intramolecular Hbond substituents is 1. The van der Waals surface area contributed by atoms with E-state index in [2.05, 4.69) is 0 Å². The Morgan fingerprint density at radius 3 is 2.53 bits per heavy atom. The first-order chi connectivity index (χ1) is 9.15. The van der Waals surface area contributed by atoms with Gasteiger partial charge in [0.1, 0.15) is 12.4 Å². The molecular weight excluding hydrogens is 284 g/mol. The van der Waals surface area contributed by atoms with Crippen molar-refractivity contribution in [1.82, 2.24) is 0 Å². The van der Waals surface area contributed by atoms with Crippen molar-refractivity contribution in [3.63, 3.8) is 0 Å². The lowest BCUT2D eigenvalue weighted by Gasteiger charge is -2.02. The predicted molar refractivity (Wildman–Crippen MR) is 75.2 cm³/mol. The summed E-state index contributed by atoms with van der Waals surface area (Å²) in [4.78, 5) is 12.8. The second-order valence-electron chi connectivity index (χ2n) is 4.08. The zero-order chi connectivity index (χ0) is 13.4. The minimum absolute atomic E-state index is 0.163. The molecule has 0 saturated heterocycles. The summed E-state index contributed by atoms with van der Waals surface area (Å²) in [7, 11) is 0. The number of esters is 1. The lowest BCUT2D eigenvalue weighted by Crippen LogP contribution is -1.98. The van der Waals surface area contributed by atoms with Crippen molar-refractivity contribution >= 4 is 40.1 Å². The zero-order valence-corrected chi connectivity index (χ0v) is 11.3. The molecule has 2 heterocycles. The normalized spacial score (nSPS) is 14.9. The molecule has 1 aromatic carbocycles. The van der Waals surface area contributed by atoms with Crippen LogP contribution in [0.25, 0.3) is 11.1 Å². The maximum Gasteiger partial charge on any atom is 0.339 e. The Balaban J connectivity index is 2.13. The van der Waals surface area contributed by atoms with Crippen LogP contribution in [0.5, 0.6) is 5.75 Å². The number of phenols is 1. The van der Waals surface area contributed by atoms with E-state index in [-0.39, 0.29) is 18.3 Å². The predicted octanol–water partition coefficient (Wildman–Crippen LogP) is 3.57. The number of carbonyl (C=O) groups excluding carboxylic acids is 1. The highest BCUT2D eigenvalue weighted by molar-refractivity contribution is 7.17. The molecule has 1 aliphatic heterocycles. The molecule has 3 rings (SSSR count). The molecular formula is C14H9ClO3S. The van der Waals surface area contributed by atoms with Crippen molar-refractivity contribution in [2.75, 3.05) is 6.61 Å². The number of thiophene rings is 1. The van der Waals surface area contributed by atoms with E-state index in [4.69, 9.17) is 16.3 Å². The topological polar surface area (TPSA) is 46.5 Å². The van der Waals surface area contributed by atoms with Crippen LogP contribution < -0.4 is 0 Å². The number of ether oxygens (including phenoxy) is 1. The van der Waals surface area contributed by atoms with Gasteiger partial charge in [-0.05, 0) is 29.8 Å². The Bertz CT molecular complexity index is 670. The number of benzene rings is 1. The van der Waals surface area contributed by atoms with Crippen molar-refractivity contribution in [3.05, 3.63) is 51.2 Å². The number of halogens is 1. The van der Waals surface area contributed by atoms with Crippen LogP contribution >= 0.6 is 22.9 Å². The van der Waals surface area contributed by atoms with Crippen LogP contribution in [-0.4, -0.2) is 17.7 Å². The molecule has 0 atom stereocenters. The maximum absolute atomic E-state index is 11.9. The molecule has 19 heavy (non-hydrogen) atoms. The number of carbonyl (C=O) groups is 1. The molecule has 1 N–H and O–H groups in total. The third kappa shape index (κ3) is 2.25. The van der Waals surface area contributed by atoms with E-state index in [1.807, 2.05) is 6.07 Å². The van der Waals surface area contributed by atoms with Gasteiger partial charge in [0.05, 0.1) is 9.91 Å². The monoisotopic (exact) mass is 292 g/mol. The largest absolute Gasteiger partial charge is 0.508 e. The average molecular weight is 293 g/mol. The Morgan fingerprint density at radius 2 is 1.89 bits per heavy atom. The summed E-state index contributed by atoms with van der Waals surface area (Å²) < 4.78 is 5.79. The highest BCUT2D eigenvalue weighted by Crippen LogP contribution is 2.37. The van der Waals surface area contributed by atoms with Gasteiger partial charge in [-0.25, -0.2) is 4.79 Å². The number of hydrogen-bond donors (Lipinski definition) is 1. The highest BCUT2D eigenvalue weighted by Gasteiger charge is 2.27. The lowest BCUT2D eigenvalue weighted by atomic mass is 10.0. The summed E-state index contributed by atoms with van der Waals surface area (Å²) in [5, 5.41) is 9.30. The minimum Gasteiger partial charge on any atom is -0.508 e. The number of cyclic esters (lactones) is 1. The fraction of sp³-hybridized carbons (Fsp3) is 0.0714. The summed E-state index contributed by atoms with van der Waals surface area (Å²) in [6.07, 6.45) is 0. The van der Waals surface area contributed by atoms with Gasteiger partial charge in [0, 0.05) is 10.5 Å². The molecule has 0 spiro atoms. The quantitative estimate of drug-likeness (QED) is 0.861. The number of hydrogen-bond acceptors (Lipinski definition) is 4. The smallest absolute Gasteiger partial charge is 0.339 e. The van der Waals surface area contributed by atoms with Gasteiger partial charge in [-0.15, -0.1) is 11.3 Å². The first kappa shape index (κ1) is 12.3. The van der Waals surface area contributed by atoms with E-state index in [9.17, 15) is 9.90 Å². The van der Waals surface area contributed by atoms with E-state index in [1.54, 1.807) is 30.3 Å². The average Bonchev–Trinajstić information content (AvgIpc) is 2.97. The summed E-state index contributed by atoms with van der Waals surface area (Å²) in [6, 6.07) is 10.2.